The highest BCUT2D eigenvalue weighted by molar-refractivity contribution is 5.76. The van der Waals surface area contributed by atoms with Crippen molar-refractivity contribution in [2.24, 2.45) is 11.7 Å². The van der Waals surface area contributed by atoms with E-state index in [1.165, 1.54) is 6.42 Å². The van der Waals surface area contributed by atoms with E-state index in [9.17, 15) is 4.79 Å². The Morgan fingerprint density at radius 2 is 2.43 bits per heavy atom. The van der Waals surface area contributed by atoms with Crippen LogP contribution in [0, 0.1) is 5.92 Å². The van der Waals surface area contributed by atoms with Gasteiger partial charge in [-0.2, -0.15) is 0 Å². The summed E-state index contributed by atoms with van der Waals surface area (Å²) in [6.07, 6.45) is 8.27. The molecule has 0 fully saturated rings. The van der Waals surface area contributed by atoms with Gasteiger partial charge in [-0.25, -0.2) is 0 Å². The summed E-state index contributed by atoms with van der Waals surface area (Å²) in [5, 5.41) is 2.93. The molecule has 80 valence electrons. The molecule has 0 aliphatic heterocycles. The Bertz CT molecular complexity index is 211. The van der Waals surface area contributed by atoms with Crippen LogP contribution in [-0.4, -0.2) is 18.5 Å². The van der Waals surface area contributed by atoms with Gasteiger partial charge in [-0.1, -0.05) is 12.2 Å². The molecule has 2 unspecified atom stereocenters. The molecule has 0 saturated carbocycles. The highest BCUT2D eigenvalue weighted by Crippen LogP contribution is 2.16. The molecule has 14 heavy (non-hydrogen) atoms. The van der Waals surface area contributed by atoms with Crippen LogP contribution >= 0.6 is 0 Å². The molecule has 0 bridgehead atoms. The van der Waals surface area contributed by atoms with E-state index in [-0.39, 0.29) is 11.9 Å². The first-order chi connectivity index (χ1) is 6.68. The zero-order chi connectivity index (χ0) is 10.4. The van der Waals surface area contributed by atoms with Crippen molar-refractivity contribution >= 4 is 5.91 Å². The zero-order valence-electron chi connectivity index (χ0n) is 8.83. The topological polar surface area (TPSA) is 55.1 Å². The van der Waals surface area contributed by atoms with Crippen molar-refractivity contribution in [3.05, 3.63) is 12.2 Å². The molecule has 3 nitrogen and oxygen atoms in total. The number of carbonyl (C=O) groups is 1. The van der Waals surface area contributed by atoms with E-state index < -0.39 is 0 Å². The number of allylic oxidation sites excluding steroid dienone is 2. The molecule has 3 N–H and O–H groups in total. The van der Waals surface area contributed by atoms with Crippen molar-refractivity contribution in [3.63, 3.8) is 0 Å². The molecule has 0 radical (unpaired) electrons. The molecule has 0 aromatic rings. The molecule has 2 atom stereocenters. The number of rotatable bonds is 4. The second-order valence-corrected chi connectivity index (χ2v) is 4.14. The predicted octanol–water partition coefficient (Wildman–Crippen LogP) is 1.20. The summed E-state index contributed by atoms with van der Waals surface area (Å²) < 4.78 is 0. The smallest absolute Gasteiger partial charge is 0.221 e. The van der Waals surface area contributed by atoms with E-state index in [1.54, 1.807) is 0 Å². The Labute approximate surface area is 85.7 Å². The Balaban J connectivity index is 2.13. The Morgan fingerprint density at radius 3 is 3.00 bits per heavy atom. The number of carbonyl (C=O) groups excluding carboxylic acids is 1. The fraction of sp³-hybridized carbons (Fsp3) is 0.727. The molecule has 0 spiro atoms. The second kappa shape index (κ2) is 5.81. The Kier molecular flexibility index (Phi) is 4.66. The maximum Gasteiger partial charge on any atom is 0.221 e. The van der Waals surface area contributed by atoms with Gasteiger partial charge in [-0.15, -0.1) is 0 Å². The lowest BCUT2D eigenvalue weighted by Gasteiger charge is -2.18. The number of amides is 1. The first-order valence-electron chi connectivity index (χ1n) is 5.35. The fourth-order valence-electron chi connectivity index (χ4n) is 1.66. The summed E-state index contributed by atoms with van der Waals surface area (Å²) in [5.74, 6) is 0.701. The monoisotopic (exact) mass is 196 g/mol. The van der Waals surface area contributed by atoms with Gasteiger partial charge in [0.05, 0.1) is 0 Å². The molecule has 1 amide bonds. The largest absolute Gasteiger partial charge is 0.356 e. The SMILES string of the molecule is CC(N)CC(=O)NCC1CC=CCC1. The highest BCUT2D eigenvalue weighted by Gasteiger charge is 2.11. The maximum atomic E-state index is 11.3. The highest BCUT2D eigenvalue weighted by atomic mass is 16.1. The summed E-state index contributed by atoms with van der Waals surface area (Å²) in [4.78, 5) is 11.3. The molecular formula is C11H20N2O. The first kappa shape index (κ1) is 11.2. The standard InChI is InChI=1S/C11H20N2O/c1-9(12)7-11(14)13-8-10-5-3-2-4-6-10/h2-3,9-10H,4-8,12H2,1H3,(H,13,14). The molecular weight excluding hydrogens is 176 g/mol. The van der Waals surface area contributed by atoms with Crippen molar-refractivity contribution < 1.29 is 4.79 Å². The van der Waals surface area contributed by atoms with Gasteiger partial charge >= 0.3 is 0 Å². The predicted molar refractivity (Wildman–Crippen MR) is 57.8 cm³/mol. The lowest BCUT2D eigenvalue weighted by molar-refractivity contribution is -0.121. The van der Waals surface area contributed by atoms with Crippen molar-refractivity contribution in [1.82, 2.24) is 5.32 Å². The quantitative estimate of drug-likeness (QED) is 0.664. The van der Waals surface area contributed by atoms with E-state index >= 15 is 0 Å². The Hall–Kier alpha value is -0.830. The summed E-state index contributed by atoms with van der Waals surface area (Å²) in [5.41, 5.74) is 5.53. The minimum atomic E-state index is -0.0405. The van der Waals surface area contributed by atoms with Crippen LogP contribution < -0.4 is 11.1 Å². The van der Waals surface area contributed by atoms with Gasteiger partial charge in [-0.3, -0.25) is 4.79 Å². The van der Waals surface area contributed by atoms with Crippen molar-refractivity contribution in [2.75, 3.05) is 6.54 Å². The van der Waals surface area contributed by atoms with Gasteiger partial charge in [0.15, 0.2) is 0 Å². The number of hydrogen-bond donors (Lipinski definition) is 2. The zero-order valence-corrected chi connectivity index (χ0v) is 8.83. The van der Waals surface area contributed by atoms with Gasteiger partial charge in [-0.05, 0) is 32.1 Å². The van der Waals surface area contributed by atoms with Crippen LogP contribution in [0.25, 0.3) is 0 Å². The minimum Gasteiger partial charge on any atom is -0.356 e. The maximum absolute atomic E-state index is 11.3. The van der Waals surface area contributed by atoms with E-state index in [4.69, 9.17) is 5.73 Å². The molecule has 0 aromatic heterocycles. The third-order valence-corrected chi connectivity index (χ3v) is 2.47. The van der Waals surface area contributed by atoms with Gasteiger partial charge in [0.1, 0.15) is 0 Å². The molecule has 0 saturated heterocycles. The minimum absolute atomic E-state index is 0.0405. The lowest BCUT2D eigenvalue weighted by atomic mass is 9.94. The van der Waals surface area contributed by atoms with Crippen molar-refractivity contribution in [2.45, 2.75) is 38.6 Å². The summed E-state index contributed by atoms with van der Waals surface area (Å²) in [6, 6.07) is -0.0405. The molecule has 1 aliphatic carbocycles. The van der Waals surface area contributed by atoms with E-state index in [2.05, 4.69) is 17.5 Å². The van der Waals surface area contributed by atoms with Crippen LogP contribution in [0.15, 0.2) is 12.2 Å². The molecule has 0 heterocycles. The van der Waals surface area contributed by atoms with Gasteiger partial charge in [0.2, 0.25) is 5.91 Å². The average Bonchev–Trinajstić information content (AvgIpc) is 2.15. The van der Waals surface area contributed by atoms with E-state index in [0.29, 0.717) is 12.3 Å². The normalized spacial score (nSPS) is 23.1. The summed E-state index contributed by atoms with van der Waals surface area (Å²) >= 11 is 0. The third-order valence-electron chi connectivity index (χ3n) is 2.47. The molecule has 3 heteroatoms. The summed E-state index contributed by atoms with van der Waals surface area (Å²) in [7, 11) is 0. The van der Waals surface area contributed by atoms with Gasteiger partial charge in [0.25, 0.3) is 0 Å². The van der Waals surface area contributed by atoms with E-state index in [1.807, 2.05) is 6.92 Å². The van der Waals surface area contributed by atoms with Crippen LogP contribution in [0.4, 0.5) is 0 Å². The molecule has 1 rings (SSSR count). The van der Waals surface area contributed by atoms with Crippen LogP contribution in [0.1, 0.15) is 32.6 Å². The summed E-state index contributed by atoms with van der Waals surface area (Å²) in [6.45, 7) is 2.65. The lowest BCUT2D eigenvalue weighted by Crippen LogP contribution is -2.33. The fourth-order valence-corrected chi connectivity index (χ4v) is 1.66. The van der Waals surface area contributed by atoms with Crippen LogP contribution in [0.3, 0.4) is 0 Å². The number of nitrogens with one attached hydrogen (secondary N) is 1. The van der Waals surface area contributed by atoms with Crippen molar-refractivity contribution in [3.8, 4) is 0 Å². The third kappa shape index (κ3) is 4.42. The molecule has 0 aromatic carbocycles. The van der Waals surface area contributed by atoms with Crippen LogP contribution in [0.2, 0.25) is 0 Å². The Morgan fingerprint density at radius 1 is 1.64 bits per heavy atom. The van der Waals surface area contributed by atoms with E-state index in [0.717, 1.165) is 19.4 Å². The number of hydrogen-bond acceptors (Lipinski definition) is 2. The van der Waals surface area contributed by atoms with Gasteiger partial charge < -0.3 is 11.1 Å². The second-order valence-electron chi connectivity index (χ2n) is 4.14. The van der Waals surface area contributed by atoms with Crippen molar-refractivity contribution in [1.29, 1.82) is 0 Å². The van der Waals surface area contributed by atoms with Gasteiger partial charge in [0, 0.05) is 19.0 Å². The first-order valence-corrected chi connectivity index (χ1v) is 5.35. The average molecular weight is 196 g/mol. The molecule has 1 aliphatic rings. The van der Waals surface area contributed by atoms with Crippen LogP contribution in [0.5, 0.6) is 0 Å². The number of nitrogens with two attached hydrogens (primary N) is 1. The van der Waals surface area contributed by atoms with Crippen LogP contribution in [-0.2, 0) is 4.79 Å².